The Hall–Kier alpha value is -1.35. The molecule has 3 heteroatoms. The molecule has 0 aliphatic carbocycles. The number of benzene rings is 1. The largest absolute Gasteiger partial charge is 0.469 e. The second-order valence-electron chi connectivity index (χ2n) is 3.41. The lowest BCUT2D eigenvalue weighted by Gasteiger charge is -2.29. The van der Waals surface area contributed by atoms with Crippen LogP contribution < -0.4 is 5.32 Å². The van der Waals surface area contributed by atoms with Gasteiger partial charge in [-0.05, 0) is 24.8 Å². The van der Waals surface area contributed by atoms with Crippen molar-refractivity contribution in [1.29, 1.82) is 0 Å². The van der Waals surface area contributed by atoms with Gasteiger partial charge >= 0.3 is 5.97 Å². The van der Waals surface area contributed by atoms with Crippen molar-refractivity contribution in [3.8, 4) is 0 Å². The number of rotatable bonds is 3. The first-order chi connectivity index (χ1) is 11.7. The van der Waals surface area contributed by atoms with Gasteiger partial charge in [0.1, 0.15) is 0 Å². The lowest BCUT2D eigenvalue weighted by Crippen LogP contribution is -2.42. The predicted molar refractivity (Wildman–Crippen MR) is 66.8 cm³/mol. The molecule has 2 atom stereocenters. The summed E-state index contributed by atoms with van der Waals surface area (Å²) in [4.78, 5) is 12.4. The first-order valence-corrected chi connectivity index (χ1v) is 5.09. The van der Waals surface area contributed by atoms with E-state index < -0.39 is 43.5 Å². The van der Waals surface area contributed by atoms with Gasteiger partial charge in [0, 0.05) is 18.4 Å². The molecule has 1 fully saturated rings. The van der Waals surface area contributed by atoms with E-state index in [0.717, 1.165) is 7.11 Å². The fourth-order valence-electron chi connectivity index (χ4n) is 1.59. The first-order valence-electron chi connectivity index (χ1n) is 9.59. The fraction of sp³-hybridized carbons (Fsp3) is 0.500. The molecule has 0 spiro atoms. The summed E-state index contributed by atoms with van der Waals surface area (Å²) in [6.07, 6.45) is -10.0. The lowest BCUT2D eigenvalue weighted by molar-refractivity contribution is -0.143. The maximum atomic E-state index is 12.4. The number of ether oxygens (including phenoxy) is 1. The molecule has 1 aliphatic heterocycles. The fourth-order valence-corrected chi connectivity index (χ4v) is 1.59. The number of hydrogen-bond acceptors (Lipinski definition) is 3. The molecule has 0 amide bonds. The van der Waals surface area contributed by atoms with E-state index in [1.165, 1.54) is 24.3 Å². The van der Waals surface area contributed by atoms with Gasteiger partial charge in [0.15, 0.2) is 0 Å². The molecule has 3 nitrogen and oxygen atoms in total. The van der Waals surface area contributed by atoms with Crippen molar-refractivity contribution in [2.24, 2.45) is 0 Å². The molecule has 0 unspecified atom stereocenters. The predicted octanol–water partition coefficient (Wildman–Crippen LogP) is 2.09. The average molecular weight is 242 g/mol. The van der Waals surface area contributed by atoms with Crippen LogP contribution in [0.1, 0.15) is 42.9 Å². The highest BCUT2D eigenvalue weighted by molar-refractivity contribution is 5.79. The molecule has 1 aliphatic rings. The zero-order valence-electron chi connectivity index (χ0n) is 18.3. The molecular weight excluding hydrogens is 214 g/mol. The number of nitrogens with one attached hydrogen (secondary N) is 1. The zero-order valence-corrected chi connectivity index (χ0v) is 9.28. The topological polar surface area (TPSA) is 38.3 Å². The van der Waals surface area contributed by atoms with Gasteiger partial charge in [-0.1, -0.05) is 36.7 Å². The Balaban J connectivity index is 2.76. The number of carbonyl (C=O) groups is 1. The highest BCUT2D eigenvalue weighted by Gasteiger charge is 2.31. The van der Waals surface area contributed by atoms with E-state index in [1.807, 2.05) is 5.32 Å². The first kappa shape index (κ1) is 5.11. The van der Waals surface area contributed by atoms with Crippen molar-refractivity contribution in [3.63, 3.8) is 0 Å². The molecule has 1 saturated heterocycles. The Morgan fingerprint density at radius 2 is 2.29 bits per heavy atom. The number of esters is 1. The monoisotopic (exact) mass is 242 g/mol. The molecule has 1 N–H and O–H groups in total. The molecule has 0 saturated carbocycles. The standard InChI is InChI=1S/C14H19NO2/c1-17-14(16)13(11-7-3-2-4-8-11)12-9-5-6-10-15-12/h2-4,7-8,12-13,15H,5-6,9-10H2,1H3/t12-,13-/m1/s1/i5D2,6D2,9D2,10D2,12D. The van der Waals surface area contributed by atoms with Crippen molar-refractivity contribution in [2.75, 3.05) is 13.6 Å². The molecule has 0 aromatic heterocycles. The van der Waals surface area contributed by atoms with E-state index in [1.54, 1.807) is 6.07 Å². The zero-order chi connectivity index (χ0) is 20.2. The summed E-state index contributed by atoms with van der Waals surface area (Å²) in [6.45, 7) is -3.13. The molecular formula is C14H19NO2. The molecule has 92 valence electrons. The van der Waals surface area contributed by atoms with Crippen molar-refractivity contribution in [1.82, 2.24) is 5.32 Å². The molecule has 1 heterocycles. The number of carbonyl (C=O) groups excluding carboxylic acids is 1. The van der Waals surface area contributed by atoms with Crippen molar-refractivity contribution >= 4 is 5.97 Å². The number of hydrogen-bond donors (Lipinski definition) is 1. The van der Waals surface area contributed by atoms with Gasteiger partial charge in [0.05, 0.1) is 13.0 Å². The van der Waals surface area contributed by atoms with Gasteiger partial charge in [0.2, 0.25) is 0 Å². The van der Waals surface area contributed by atoms with E-state index >= 15 is 0 Å². The van der Waals surface area contributed by atoms with Crippen molar-refractivity contribution in [2.45, 2.75) is 31.1 Å². The maximum Gasteiger partial charge on any atom is 0.314 e. The van der Waals surface area contributed by atoms with Gasteiger partial charge in [-0.15, -0.1) is 0 Å². The minimum atomic E-state index is -3.43. The van der Waals surface area contributed by atoms with Gasteiger partial charge in [-0.3, -0.25) is 4.79 Å². The second-order valence-corrected chi connectivity index (χ2v) is 3.41. The van der Waals surface area contributed by atoms with E-state index in [-0.39, 0.29) is 5.56 Å². The maximum absolute atomic E-state index is 12.4. The van der Waals surface area contributed by atoms with Gasteiger partial charge < -0.3 is 10.1 Å². The van der Waals surface area contributed by atoms with Crippen LogP contribution in [0, 0.1) is 0 Å². The van der Waals surface area contributed by atoms with Gasteiger partial charge in [-0.25, -0.2) is 0 Å². The number of piperidine rings is 1. The third-order valence-corrected chi connectivity index (χ3v) is 2.38. The Morgan fingerprint density at radius 3 is 3.00 bits per heavy atom. The molecule has 17 heavy (non-hydrogen) atoms. The van der Waals surface area contributed by atoms with Crippen LogP contribution in [-0.4, -0.2) is 25.6 Å². The van der Waals surface area contributed by atoms with Crippen molar-refractivity contribution in [3.05, 3.63) is 35.9 Å². The minimum Gasteiger partial charge on any atom is -0.469 e. The summed E-state index contributed by atoms with van der Waals surface area (Å²) in [6, 6.07) is 4.59. The third kappa shape index (κ3) is 2.86. The van der Waals surface area contributed by atoms with E-state index in [9.17, 15) is 4.79 Å². The highest BCUT2D eigenvalue weighted by Crippen LogP contribution is 2.26. The van der Waals surface area contributed by atoms with E-state index in [0.29, 0.717) is 0 Å². The Labute approximate surface area is 115 Å². The van der Waals surface area contributed by atoms with E-state index in [4.69, 9.17) is 12.3 Å². The molecule has 2 rings (SSSR count). The van der Waals surface area contributed by atoms with Crippen LogP contribution in [0.15, 0.2) is 30.3 Å². The normalized spacial score (nSPS) is 45.8. The van der Waals surface area contributed by atoms with Crippen LogP contribution in [0.25, 0.3) is 0 Å². The van der Waals surface area contributed by atoms with Gasteiger partial charge in [0.25, 0.3) is 0 Å². The van der Waals surface area contributed by atoms with Crippen LogP contribution in [0.2, 0.25) is 0 Å². The Morgan fingerprint density at radius 1 is 1.53 bits per heavy atom. The molecule has 0 bridgehead atoms. The van der Waals surface area contributed by atoms with Crippen LogP contribution in [0.3, 0.4) is 0 Å². The van der Waals surface area contributed by atoms with Crippen LogP contribution in [0.4, 0.5) is 0 Å². The molecule has 1 aromatic rings. The summed E-state index contributed by atoms with van der Waals surface area (Å²) in [7, 11) is 1.02. The SMILES string of the molecule is [2H]C1([2H])N[C@@]([2H])([C@H](C(=O)OC)c2ccccc2)C([2H])([2H])C([2H])([2H])C1([2H])[2H]. The van der Waals surface area contributed by atoms with Crippen LogP contribution in [-0.2, 0) is 9.53 Å². The lowest BCUT2D eigenvalue weighted by atomic mass is 9.86. The quantitative estimate of drug-likeness (QED) is 0.825. The second kappa shape index (κ2) is 5.82. The average Bonchev–Trinajstić information content (AvgIpc) is 2.53. The summed E-state index contributed by atoms with van der Waals surface area (Å²) < 4.78 is 76.9. The summed E-state index contributed by atoms with van der Waals surface area (Å²) in [5.41, 5.74) is 0.111. The smallest absolute Gasteiger partial charge is 0.314 e. The summed E-state index contributed by atoms with van der Waals surface area (Å²) in [5, 5.41) is 1.93. The highest BCUT2D eigenvalue weighted by atomic mass is 16.5. The van der Waals surface area contributed by atoms with Crippen molar-refractivity contribution < 1.29 is 21.9 Å². The molecule has 1 aromatic carbocycles. The van der Waals surface area contributed by atoms with Crippen LogP contribution in [0.5, 0.6) is 0 Å². The minimum absolute atomic E-state index is 0.111. The number of methoxy groups -OCH3 is 1. The molecule has 0 radical (unpaired) electrons. The van der Waals surface area contributed by atoms with Gasteiger partial charge in [-0.2, -0.15) is 0 Å². The van der Waals surface area contributed by atoms with Crippen LogP contribution >= 0.6 is 0 Å². The van der Waals surface area contributed by atoms with E-state index in [2.05, 4.69) is 4.74 Å². The Kier molecular flexibility index (Phi) is 1.75. The third-order valence-electron chi connectivity index (χ3n) is 2.38. The summed E-state index contributed by atoms with van der Waals surface area (Å²) in [5.74, 6) is -2.82. The summed E-state index contributed by atoms with van der Waals surface area (Å²) >= 11 is 0. The Bertz CT molecular complexity index is 695.